The van der Waals surface area contributed by atoms with Crippen LogP contribution < -0.4 is 11.0 Å². The van der Waals surface area contributed by atoms with Gasteiger partial charge in [-0.2, -0.15) is 0 Å². The Hall–Kier alpha value is -1.07. The van der Waals surface area contributed by atoms with Gasteiger partial charge in [0.05, 0.1) is 5.69 Å². The van der Waals surface area contributed by atoms with Gasteiger partial charge >= 0.3 is 5.69 Å². The van der Waals surface area contributed by atoms with E-state index in [4.69, 9.17) is 0 Å². The van der Waals surface area contributed by atoms with Gasteiger partial charge < -0.3 is 20.4 Å². The van der Waals surface area contributed by atoms with Crippen molar-refractivity contribution in [3.8, 4) is 0 Å². The number of hydrogen-bond acceptors (Lipinski definition) is 3. The fourth-order valence-electron chi connectivity index (χ4n) is 2.13. The van der Waals surface area contributed by atoms with Gasteiger partial charge in [-0.3, -0.25) is 0 Å². The Morgan fingerprint density at radius 3 is 2.73 bits per heavy atom. The van der Waals surface area contributed by atoms with E-state index >= 15 is 0 Å². The second-order valence-electron chi connectivity index (χ2n) is 4.12. The van der Waals surface area contributed by atoms with Crippen molar-refractivity contribution in [1.82, 2.24) is 15.3 Å². The molecular formula is C10H17N3O2. The number of nitrogens with one attached hydrogen (secondary N) is 3. The standard InChI is InChI=1S/C10H17N3O2/c1-6-8(13-10(15)12-6)9(14)7-4-2-3-5-11-7/h7,9,11,14H,2-5H2,1H3,(H2,12,13,15). The molecule has 84 valence electrons. The minimum absolute atomic E-state index is 0.0592. The number of aliphatic hydroxyl groups excluding tert-OH is 1. The van der Waals surface area contributed by atoms with Crippen LogP contribution in [0.3, 0.4) is 0 Å². The number of H-pyrrole nitrogens is 2. The summed E-state index contributed by atoms with van der Waals surface area (Å²) in [6, 6.07) is 0.0592. The van der Waals surface area contributed by atoms with Gasteiger partial charge in [-0.15, -0.1) is 0 Å². The van der Waals surface area contributed by atoms with Crippen molar-refractivity contribution >= 4 is 0 Å². The normalized spacial score (nSPS) is 24.0. The molecule has 1 aromatic rings. The van der Waals surface area contributed by atoms with E-state index < -0.39 is 6.10 Å². The van der Waals surface area contributed by atoms with Crippen LogP contribution in [-0.4, -0.2) is 27.7 Å². The van der Waals surface area contributed by atoms with Crippen molar-refractivity contribution in [3.05, 3.63) is 21.9 Å². The topological polar surface area (TPSA) is 80.9 Å². The predicted octanol–water partition coefficient (Wildman–Crippen LogP) is 0.187. The maximum atomic E-state index is 11.1. The highest BCUT2D eigenvalue weighted by Gasteiger charge is 2.25. The first-order chi connectivity index (χ1) is 7.18. The molecule has 2 unspecified atom stereocenters. The van der Waals surface area contributed by atoms with E-state index in [1.165, 1.54) is 0 Å². The van der Waals surface area contributed by atoms with Crippen LogP contribution in [0.2, 0.25) is 0 Å². The Balaban J connectivity index is 2.15. The molecule has 0 saturated carbocycles. The summed E-state index contributed by atoms with van der Waals surface area (Å²) in [5.41, 5.74) is 1.08. The fraction of sp³-hybridized carbons (Fsp3) is 0.700. The Morgan fingerprint density at radius 1 is 1.40 bits per heavy atom. The first-order valence-electron chi connectivity index (χ1n) is 5.38. The van der Waals surface area contributed by atoms with E-state index in [-0.39, 0.29) is 11.7 Å². The van der Waals surface area contributed by atoms with Gasteiger partial charge in [0.1, 0.15) is 6.10 Å². The molecule has 5 heteroatoms. The maximum Gasteiger partial charge on any atom is 0.323 e. The van der Waals surface area contributed by atoms with Crippen LogP contribution in [0.1, 0.15) is 36.8 Å². The van der Waals surface area contributed by atoms with Crippen LogP contribution >= 0.6 is 0 Å². The molecule has 0 aromatic carbocycles. The molecule has 2 heterocycles. The molecule has 1 saturated heterocycles. The van der Waals surface area contributed by atoms with E-state index in [1.54, 1.807) is 6.92 Å². The Labute approximate surface area is 87.9 Å². The van der Waals surface area contributed by atoms with Crippen LogP contribution in [0, 0.1) is 6.92 Å². The number of hydrogen-bond donors (Lipinski definition) is 4. The molecule has 0 radical (unpaired) electrons. The second kappa shape index (κ2) is 4.20. The zero-order valence-electron chi connectivity index (χ0n) is 8.84. The van der Waals surface area contributed by atoms with Gasteiger partial charge in [0.25, 0.3) is 0 Å². The number of imidazole rings is 1. The molecule has 1 aromatic heterocycles. The lowest BCUT2D eigenvalue weighted by Crippen LogP contribution is -2.39. The molecule has 1 fully saturated rings. The SMILES string of the molecule is Cc1[nH]c(=O)[nH]c1C(O)C1CCCCN1. The Morgan fingerprint density at radius 2 is 2.20 bits per heavy atom. The summed E-state index contributed by atoms with van der Waals surface area (Å²) in [6.45, 7) is 2.73. The summed E-state index contributed by atoms with van der Waals surface area (Å²) in [4.78, 5) is 16.3. The fourth-order valence-corrected chi connectivity index (χ4v) is 2.13. The summed E-state index contributed by atoms with van der Waals surface area (Å²) >= 11 is 0. The molecule has 0 bridgehead atoms. The molecule has 2 atom stereocenters. The highest BCUT2D eigenvalue weighted by Crippen LogP contribution is 2.22. The average molecular weight is 211 g/mol. The monoisotopic (exact) mass is 211 g/mol. The van der Waals surface area contributed by atoms with Crippen molar-refractivity contribution < 1.29 is 5.11 Å². The van der Waals surface area contributed by atoms with E-state index in [9.17, 15) is 9.90 Å². The summed E-state index contributed by atoms with van der Waals surface area (Å²) in [6.07, 6.45) is 2.62. The molecular weight excluding hydrogens is 194 g/mol. The Kier molecular flexibility index (Phi) is 2.93. The van der Waals surface area contributed by atoms with E-state index in [0.29, 0.717) is 5.69 Å². The third-order valence-electron chi connectivity index (χ3n) is 2.98. The lowest BCUT2D eigenvalue weighted by Gasteiger charge is -2.27. The van der Waals surface area contributed by atoms with Crippen molar-refractivity contribution in [1.29, 1.82) is 0 Å². The molecule has 5 nitrogen and oxygen atoms in total. The Bertz CT molecular complexity index is 376. The number of aryl methyl sites for hydroxylation is 1. The van der Waals surface area contributed by atoms with Gasteiger partial charge in [0.2, 0.25) is 0 Å². The molecule has 0 amide bonds. The minimum Gasteiger partial charge on any atom is -0.385 e. The first kappa shape index (κ1) is 10.4. The third kappa shape index (κ3) is 2.13. The smallest absolute Gasteiger partial charge is 0.323 e. The number of rotatable bonds is 2. The zero-order valence-corrected chi connectivity index (χ0v) is 8.84. The van der Waals surface area contributed by atoms with Crippen molar-refractivity contribution in [2.75, 3.05) is 6.54 Å². The van der Waals surface area contributed by atoms with Crippen molar-refractivity contribution in [3.63, 3.8) is 0 Å². The second-order valence-corrected chi connectivity index (χ2v) is 4.12. The molecule has 1 aliphatic rings. The van der Waals surface area contributed by atoms with Gasteiger partial charge in [-0.05, 0) is 26.3 Å². The molecule has 0 aliphatic carbocycles. The first-order valence-corrected chi connectivity index (χ1v) is 5.38. The van der Waals surface area contributed by atoms with Gasteiger partial charge in [0.15, 0.2) is 0 Å². The number of aromatic nitrogens is 2. The van der Waals surface area contributed by atoms with E-state index in [1.807, 2.05) is 0 Å². The largest absolute Gasteiger partial charge is 0.385 e. The highest BCUT2D eigenvalue weighted by atomic mass is 16.3. The summed E-state index contributed by atoms with van der Waals surface area (Å²) in [5, 5.41) is 13.4. The average Bonchev–Trinajstić information content (AvgIpc) is 2.58. The minimum atomic E-state index is -0.621. The molecule has 4 N–H and O–H groups in total. The van der Waals surface area contributed by atoms with Crippen molar-refractivity contribution in [2.45, 2.75) is 38.3 Å². The van der Waals surface area contributed by atoms with Crippen LogP contribution in [-0.2, 0) is 0 Å². The van der Waals surface area contributed by atoms with Crippen molar-refractivity contribution in [2.24, 2.45) is 0 Å². The zero-order chi connectivity index (χ0) is 10.8. The van der Waals surface area contributed by atoms with E-state index in [0.717, 1.165) is 31.5 Å². The quantitative estimate of drug-likeness (QED) is 0.563. The maximum absolute atomic E-state index is 11.1. The van der Waals surface area contributed by atoms with E-state index in [2.05, 4.69) is 15.3 Å². The molecule has 15 heavy (non-hydrogen) atoms. The lowest BCUT2D eigenvalue weighted by molar-refractivity contribution is 0.109. The summed E-state index contributed by atoms with van der Waals surface area (Å²) in [7, 11) is 0. The summed E-state index contributed by atoms with van der Waals surface area (Å²) < 4.78 is 0. The number of aromatic amines is 2. The summed E-state index contributed by atoms with van der Waals surface area (Å²) in [5.74, 6) is 0. The third-order valence-corrected chi connectivity index (χ3v) is 2.98. The molecule has 1 aliphatic heterocycles. The number of piperidine rings is 1. The molecule has 2 rings (SSSR count). The molecule has 0 spiro atoms. The lowest BCUT2D eigenvalue weighted by atomic mass is 9.97. The van der Waals surface area contributed by atoms with Crippen LogP contribution in [0.4, 0.5) is 0 Å². The van der Waals surface area contributed by atoms with Gasteiger partial charge in [-0.25, -0.2) is 4.79 Å². The number of aliphatic hydroxyl groups is 1. The highest BCUT2D eigenvalue weighted by molar-refractivity contribution is 5.14. The van der Waals surface area contributed by atoms with Gasteiger partial charge in [-0.1, -0.05) is 6.42 Å². The van der Waals surface area contributed by atoms with Crippen LogP contribution in [0.25, 0.3) is 0 Å². The van der Waals surface area contributed by atoms with Crippen LogP contribution in [0.5, 0.6) is 0 Å². The predicted molar refractivity (Wildman–Crippen MR) is 56.8 cm³/mol. The van der Waals surface area contributed by atoms with Gasteiger partial charge in [0, 0.05) is 11.7 Å². The van der Waals surface area contributed by atoms with Crippen LogP contribution in [0.15, 0.2) is 4.79 Å².